The van der Waals surface area contributed by atoms with E-state index in [0.29, 0.717) is 6.07 Å². The first kappa shape index (κ1) is 24.0. The number of hydrogen-bond donors (Lipinski definition) is 2. The summed E-state index contributed by atoms with van der Waals surface area (Å²) in [6.45, 7) is 3.77. The Bertz CT molecular complexity index is 1110. The van der Waals surface area contributed by atoms with Gasteiger partial charge in [0.05, 0.1) is 26.7 Å². The van der Waals surface area contributed by atoms with Crippen molar-refractivity contribution in [3.8, 4) is 0 Å². The first-order valence-electron chi connectivity index (χ1n) is 8.88. The maximum Gasteiger partial charge on any atom is 0.416 e. The summed E-state index contributed by atoms with van der Waals surface area (Å²) in [7, 11) is -6.80. The molecule has 0 amide bonds. The van der Waals surface area contributed by atoms with E-state index in [2.05, 4.69) is 10.0 Å². The number of anilines is 2. The van der Waals surface area contributed by atoms with Gasteiger partial charge >= 0.3 is 6.18 Å². The van der Waals surface area contributed by atoms with E-state index in [-0.39, 0.29) is 29.4 Å². The van der Waals surface area contributed by atoms with Crippen LogP contribution < -0.4 is 10.0 Å². The Hall–Kier alpha value is -2.31. The van der Waals surface area contributed by atoms with Crippen molar-refractivity contribution in [1.29, 1.82) is 0 Å². The lowest BCUT2D eigenvalue weighted by atomic mass is 10.2. The lowest BCUT2D eigenvalue weighted by Gasteiger charge is -2.20. The van der Waals surface area contributed by atoms with Crippen molar-refractivity contribution in [2.24, 2.45) is 0 Å². The molecule has 0 spiro atoms. The molecule has 0 heterocycles. The van der Waals surface area contributed by atoms with Crippen LogP contribution in [0.15, 0.2) is 52.3 Å². The van der Waals surface area contributed by atoms with Gasteiger partial charge in [0, 0.05) is 20.1 Å². The number of benzene rings is 2. The maximum atomic E-state index is 12.9. The van der Waals surface area contributed by atoms with Crippen molar-refractivity contribution in [2.45, 2.75) is 29.8 Å². The molecule has 166 valence electrons. The van der Waals surface area contributed by atoms with E-state index in [1.54, 1.807) is 13.8 Å². The number of nitrogens with one attached hydrogen (secondary N) is 2. The Kier molecular flexibility index (Phi) is 7.05. The minimum absolute atomic E-state index is 0.108. The number of nitrogens with zero attached hydrogens (tertiary/aromatic N) is 1. The second-order valence-electron chi connectivity index (χ2n) is 6.18. The zero-order chi connectivity index (χ0) is 22.7. The molecule has 0 bridgehead atoms. The lowest BCUT2D eigenvalue weighted by molar-refractivity contribution is -0.137. The lowest BCUT2D eigenvalue weighted by Crippen LogP contribution is -2.30. The van der Waals surface area contributed by atoms with Gasteiger partial charge in [-0.2, -0.15) is 17.5 Å². The zero-order valence-electron chi connectivity index (χ0n) is 16.5. The third-order valence-corrected chi connectivity index (χ3v) is 7.73. The van der Waals surface area contributed by atoms with E-state index in [0.717, 1.165) is 24.3 Å². The predicted molar refractivity (Wildman–Crippen MR) is 108 cm³/mol. The number of halogens is 3. The first-order chi connectivity index (χ1) is 13.9. The first-order valence-corrected chi connectivity index (χ1v) is 11.8. The van der Waals surface area contributed by atoms with Crippen molar-refractivity contribution in [2.75, 3.05) is 30.2 Å². The van der Waals surface area contributed by atoms with Crippen LogP contribution in [0.2, 0.25) is 0 Å². The summed E-state index contributed by atoms with van der Waals surface area (Å²) in [6.07, 6.45) is -4.71. The summed E-state index contributed by atoms with van der Waals surface area (Å²) in [5.41, 5.74) is -0.968. The second kappa shape index (κ2) is 8.82. The Labute approximate surface area is 174 Å². The van der Waals surface area contributed by atoms with E-state index < -0.39 is 36.7 Å². The van der Waals surface area contributed by atoms with Crippen LogP contribution in [0.5, 0.6) is 0 Å². The van der Waals surface area contributed by atoms with Gasteiger partial charge in [-0.3, -0.25) is 4.72 Å². The molecule has 0 aliphatic rings. The average Bonchev–Trinajstić information content (AvgIpc) is 2.68. The molecule has 0 aliphatic heterocycles. The molecule has 0 radical (unpaired) electrons. The van der Waals surface area contributed by atoms with Gasteiger partial charge in [-0.05, 0) is 36.4 Å². The van der Waals surface area contributed by atoms with Gasteiger partial charge < -0.3 is 5.32 Å². The Morgan fingerprint density at radius 2 is 1.53 bits per heavy atom. The van der Waals surface area contributed by atoms with Crippen molar-refractivity contribution in [1.82, 2.24) is 4.31 Å². The van der Waals surface area contributed by atoms with Crippen LogP contribution in [0.4, 0.5) is 24.5 Å². The fourth-order valence-electron chi connectivity index (χ4n) is 2.74. The SMILES string of the molecule is CCN(CC)S(=O)(=O)c1ccc(NC)c(NS(=O)(=O)c2cccc(C(F)(F)F)c2)c1. The normalized spacial score (nSPS) is 12.8. The zero-order valence-corrected chi connectivity index (χ0v) is 18.1. The topological polar surface area (TPSA) is 95.6 Å². The highest BCUT2D eigenvalue weighted by Crippen LogP contribution is 2.32. The molecule has 0 fully saturated rings. The molecule has 0 saturated heterocycles. The monoisotopic (exact) mass is 465 g/mol. The van der Waals surface area contributed by atoms with Crippen LogP contribution >= 0.6 is 0 Å². The predicted octanol–water partition coefficient (Wildman–Crippen LogP) is 3.58. The largest absolute Gasteiger partial charge is 0.416 e. The van der Waals surface area contributed by atoms with Crippen molar-refractivity contribution in [3.63, 3.8) is 0 Å². The third-order valence-electron chi connectivity index (χ3n) is 4.32. The Balaban J connectivity index is 2.52. The summed E-state index contributed by atoms with van der Waals surface area (Å²) in [6, 6.07) is 7.10. The Morgan fingerprint density at radius 1 is 0.900 bits per heavy atom. The number of alkyl halides is 3. The standard InChI is InChI=1S/C18H22F3N3O4S2/c1-4-24(5-2)30(27,28)15-9-10-16(22-3)17(12-15)23-29(25,26)14-8-6-7-13(11-14)18(19,20)21/h6-12,22-23H,4-5H2,1-3H3. The average molecular weight is 466 g/mol. The number of rotatable bonds is 8. The summed E-state index contributed by atoms with van der Waals surface area (Å²) >= 11 is 0. The molecule has 30 heavy (non-hydrogen) atoms. The highest BCUT2D eigenvalue weighted by Gasteiger charge is 2.32. The smallest absolute Gasteiger partial charge is 0.386 e. The van der Waals surface area contributed by atoms with Gasteiger partial charge in [-0.25, -0.2) is 16.8 Å². The molecule has 2 aromatic rings. The van der Waals surface area contributed by atoms with Crippen LogP contribution in [0.3, 0.4) is 0 Å². The van der Waals surface area contributed by atoms with Crippen LogP contribution in [0.25, 0.3) is 0 Å². The molecule has 0 saturated carbocycles. The highest BCUT2D eigenvalue weighted by molar-refractivity contribution is 7.92. The summed E-state index contributed by atoms with van der Waals surface area (Å²) in [4.78, 5) is -0.747. The van der Waals surface area contributed by atoms with Gasteiger partial charge in [-0.1, -0.05) is 19.9 Å². The van der Waals surface area contributed by atoms with Crippen molar-refractivity contribution < 1.29 is 30.0 Å². The minimum atomic E-state index is -4.71. The van der Waals surface area contributed by atoms with Gasteiger partial charge in [0.15, 0.2) is 0 Å². The third kappa shape index (κ3) is 5.05. The van der Waals surface area contributed by atoms with Crippen molar-refractivity contribution >= 4 is 31.4 Å². The van der Waals surface area contributed by atoms with E-state index in [9.17, 15) is 30.0 Å². The maximum absolute atomic E-state index is 12.9. The van der Waals surface area contributed by atoms with E-state index in [1.807, 2.05) is 0 Å². The van der Waals surface area contributed by atoms with Crippen LogP contribution in [0, 0.1) is 0 Å². The molecular formula is C18H22F3N3O4S2. The molecule has 0 atom stereocenters. The van der Waals surface area contributed by atoms with Gasteiger partial charge in [-0.15, -0.1) is 0 Å². The Morgan fingerprint density at radius 3 is 2.07 bits per heavy atom. The summed E-state index contributed by atoms with van der Waals surface area (Å²) < 4.78 is 93.0. The fraction of sp³-hybridized carbons (Fsp3) is 0.333. The van der Waals surface area contributed by atoms with Crippen molar-refractivity contribution in [3.05, 3.63) is 48.0 Å². The fourth-order valence-corrected chi connectivity index (χ4v) is 5.34. The summed E-state index contributed by atoms with van der Waals surface area (Å²) in [5, 5.41) is 2.73. The number of hydrogen-bond acceptors (Lipinski definition) is 5. The summed E-state index contributed by atoms with van der Waals surface area (Å²) in [5.74, 6) is 0. The molecule has 0 aromatic heterocycles. The van der Waals surface area contributed by atoms with Crippen LogP contribution in [-0.4, -0.2) is 41.3 Å². The second-order valence-corrected chi connectivity index (χ2v) is 9.80. The van der Waals surface area contributed by atoms with E-state index in [4.69, 9.17) is 0 Å². The van der Waals surface area contributed by atoms with Crippen LogP contribution in [0.1, 0.15) is 19.4 Å². The number of sulfonamides is 2. The molecule has 2 rings (SSSR count). The highest BCUT2D eigenvalue weighted by atomic mass is 32.2. The van der Waals surface area contributed by atoms with Gasteiger partial charge in [0.1, 0.15) is 0 Å². The molecular weight excluding hydrogens is 443 g/mol. The van der Waals surface area contributed by atoms with E-state index >= 15 is 0 Å². The molecule has 0 unspecified atom stereocenters. The minimum Gasteiger partial charge on any atom is -0.386 e. The molecule has 7 nitrogen and oxygen atoms in total. The molecule has 2 N–H and O–H groups in total. The van der Waals surface area contributed by atoms with Crippen LogP contribution in [-0.2, 0) is 26.2 Å². The van der Waals surface area contributed by atoms with Gasteiger partial charge in [0.25, 0.3) is 10.0 Å². The quantitative estimate of drug-likeness (QED) is 0.621. The van der Waals surface area contributed by atoms with Gasteiger partial charge in [0.2, 0.25) is 10.0 Å². The molecule has 0 aliphatic carbocycles. The van der Waals surface area contributed by atoms with E-state index in [1.165, 1.54) is 23.5 Å². The molecule has 2 aromatic carbocycles. The molecule has 12 heteroatoms.